The Morgan fingerprint density at radius 3 is 2.00 bits per heavy atom. The minimum atomic E-state index is 0.510. The number of aryl methyl sites for hydroxylation is 2. The lowest BCUT2D eigenvalue weighted by atomic mass is 10.1. The Kier molecular flexibility index (Phi) is 4.31. The standard InChI is InChI=1S/C16H21N3O2/c1-10-7-11(2)9-13(8-10)21-15-12(3)14(20-6)17-16(18-15)19(4)5/h7-9H,1-6H3. The van der Waals surface area contributed by atoms with Gasteiger partial charge in [-0.3, -0.25) is 0 Å². The molecule has 0 fully saturated rings. The van der Waals surface area contributed by atoms with Crippen LogP contribution in [0.2, 0.25) is 0 Å². The first-order valence-corrected chi connectivity index (χ1v) is 6.77. The van der Waals surface area contributed by atoms with E-state index in [0.717, 1.165) is 22.4 Å². The van der Waals surface area contributed by atoms with E-state index in [0.29, 0.717) is 17.7 Å². The van der Waals surface area contributed by atoms with Crippen LogP contribution in [0.1, 0.15) is 16.7 Å². The molecule has 0 unspecified atom stereocenters. The van der Waals surface area contributed by atoms with Gasteiger partial charge >= 0.3 is 0 Å². The minimum Gasteiger partial charge on any atom is -0.481 e. The molecule has 5 heteroatoms. The molecule has 0 spiro atoms. The molecule has 0 aliphatic heterocycles. The summed E-state index contributed by atoms with van der Waals surface area (Å²) in [6, 6.07) is 6.07. The molecule has 0 saturated carbocycles. The average molecular weight is 287 g/mol. The lowest BCUT2D eigenvalue weighted by Gasteiger charge is -2.16. The van der Waals surface area contributed by atoms with Gasteiger partial charge in [-0.15, -0.1) is 0 Å². The largest absolute Gasteiger partial charge is 0.481 e. The molecule has 2 rings (SSSR count). The van der Waals surface area contributed by atoms with Crippen LogP contribution >= 0.6 is 0 Å². The summed E-state index contributed by atoms with van der Waals surface area (Å²) in [5, 5.41) is 0. The van der Waals surface area contributed by atoms with Crippen LogP contribution in [0.3, 0.4) is 0 Å². The Morgan fingerprint density at radius 2 is 1.48 bits per heavy atom. The van der Waals surface area contributed by atoms with Crippen LogP contribution in [0.15, 0.2) is 18.2 Å². The van der Waals surface area contributed by atoms with Gasteiger partial charge in [-0.1, -0.05) is 6.07 Å². The summed E-state index contributed by atoms with van der Waals surface area (Å²) in [5.74, 6) is 2.35. The number of hydrogen-bond acceptors (Lipinski definition) is 5. The highest BCUT2D eigenvalue weighted by Gasteiger charge is 2.14. The molecule has 0 bridgehead atoms. The van der Waals surface area contributed by atoms with Crippen molar-refractivity contribution in [2.24, 2.45) is 0 Å². The van der Waals surface area contributed by atoms with Crippen molar-refractivity contribution < 1.29 is 9.47 Å². The maximum atomic E-state index is 5.95. The third-order valence-electron chi connectivity index (χ3n) is 3.05. The maximum absolute atomic E-state index is 5.95. The van der Waals surface area contributed by atoms with E-state index in [4.69, 9.17) is 9.47 Å². The average Bonchev–Trinajstić information content (AvgIpc) is 2.39. The first-order valence-electron chi connectivity index (χ1n) is 6.77. The van der Waals surface area contributed by atoms with Crippen molar-refractivity contribution >= 4 is 5.95 Å². The van der Waals surface area contributed by atoms with Crippen LogP contribution in [-0.4, -0.2) is 31.2 Å². The van der Waals surface area contributed by atoms with Crippen LogP contribution in [-0.2, 0) is 0 Å². The van der Waals surface area contributed by atoms with Gasteiger partial charge in [0.15, 0.2) is 0 Å². The summed E-state index contributed by atoms with van der Waals surface area (Å²) in [6.45, 7) is 5.97. The highest BCUT2D eigenvalue weighted by molar-refractivity contribution is 5.44. The van der Waals surface area contributed by atoms with Crippen molar-refractivity contribution in [2.45, 2.75) is 20.8 Å². The van der Waals surface area contributed by atoms with Crippen molar-refractivity contribution in [3.05, 3.63) is 34.9 Å². The zero-order valence-electron chi connectivity index (χ0n) is 13.4. The van der Waals surface area contributed by atoms with E-state index in [1.807, 2.05) is 51.9 Å². The van der Waals surface area contributed by atoms with E-state index in [-0.39, 0.29) is 0 Å². The maximum Gasteiger partial charge on any atom is 0.231 e. The summed E-state index contributed by atoms with van der Waals surface area (Å²) in [7, 11) is 5.35. The fraction of sp³-hybridized carbons (Fsp3) is 0.375. The van der Waals surface area contributed by atoms with E-state index < -0.39 is 0 Å². The van der Waals surface area contributed by atoms with Gasteiger partial charge in [-0.25, -0.2) is 0 Å². The van der Waals surface area contributed by atoms with E-state index >= 15 is 0 Å². The molecule has 0 saturated heterocycles. The van der Waals surface area contributed by atoms with Crippen LogP contribution in [0, 0.1) is 20.8 Å². The second-order valence-corrected chi connectivity index (χ2v) is 5.28. The fourth-order valence-electron chi connectivity index (χ4n) is 2.07. The minimum absolute atomic E-state index is 0.510. The van der Waals surface area contributed by atoms with Gasteiger partial charge in [0.1, 0.15) is 5.75 Å². The number of nitrogens with zero attached hydrogens (tertiary/aromatic N) is 3. The Hall–Kier alpha value is -2.30. The lowest BCUT2D eigenvalue weighted by Crippen LogP contribution is -2.14. The third-order valence-corrected chi connectivity index (χ3v) is 3.05. The smallest absolute Gasteiger partial charge is 0.231 e. The van der Waals surface area contributed by atoms with Crippen molar-refractivity contribution in [3.63, 3.8) is 0 Å². The van der Waals surface area contributed by atoms with Crippen LogP contribution < -0.4 is 14.4 Å². The number of benzene rings is 1. The molecule has 0 N–H and O–H groups in total. The van der Waals surface area contributed by atoms with Crippen molar-refractivity contribution in [3.8, 4) is 17.5 Å². The van der Waals surface area contributed by atoms with E-state index in [2.05, 4.69) is 16.0 Å². The number of ether oxygens (including phenoxy) is 2. The molecule has 5 nitrogen and oxygen atoms in total. The summed E-state index contributed by atoms with van der Waals surface area (Å²) in [5.41, 5.74) is 3.08. The Labute approximate surface area is 125 Å². The van der Waals surface area contributed by atoms with Gasteiger partial charge in [0.25, 0.3) is 0 Å². The summed E-state index contributed by atoms with van der Waals surface area (Å²) in [4.78, 5) is 10.6. The highest BCUT2D eigenvalue weighted by Crippen LogP contribution is 2.30. The number of anilines is 1. The molecule has 1 aromatic carbocycles. The normalized spacial score (nSPS) is 10.4. The number of rotatable bonds is 4. The molecule has 0 radical (unpaired) electrons. The molecular weight excluding hydrogens is 266 g/mol. The lowest BCUT2D eigenvalue weighted by molar-refractivity contribution is 0.383. The van der Waals surface area contributed by atoms with Gasteiger partial charge in [0.2, 0.25) is 17.7 Å². The molecule has 21 heavy (non-hydrogen) atoms. The van der Waals surface area contributed by atoms with Crippen molar-refractivity contribution in [1.82, 2.24) is 9.97 Å². The Balaban J connectivity index is 2.45. The molecule has 0 aliphatic rings. The topological polar surface area (TPSA) is 47.5 Å². The fourth-order valence-corrected chi connectivity index (χ4v) is 2.07. The molecule has 1 aromatic heterocycles. The predicted octanol–water partition coefficient (Wildman–Crippen LogP) is 3.27. The zero-order chi connectivity index (χ0) is 15.6. The molecule has 0 amide bonds. The van der Waals surface area contributed by atoms with Crippen molar-refractivity contribution in [1.29, 1.82) is 0 Å². The SMILES string of the molecule is COc1nc(N(C)C)nc(Oc2cc(C)cc(C)c2)c1C. The second kappa shape index (κ2) is 5.99. The quantitative estimate of drug-likeness (QED) is 0.863. The molecule has 0 aliphatic carbocycles. The third kappa shape index (κ3) is 3.42. The van der Waals surface area contributed by atoms with E-state index in [1.54, 1.807) is 7.11 Å². The summed E-state index contributed by atoms with van der Waals surface area (Å²) in [6.07, 6.45) is 0. The Bertz CT molecular complexity index is 634. The van der Waals surface area contributed by atoms with Gasteiger partial charge in [0.05, 0.1) is 12.7 Å². The number of aromatic nitrogens is 2. The first kappa shape index (κ1) is 15.1. The molecular formula is C16H21N3O2. The first-order chi connectivity index (χ1) is 9.90. The predicted molar refractivity (Wildman–Crippen MR) is 83.6 cm³/mol. The van der Waals surface area contributed by atoms with E-state index in [1.165, 1.54) is 0 Å². The number of methoxy groups -OCH3 is 1. The molecule has 1 heterocycles. The molecule has 0 atom stereocenters. The van der Waals surface area contributed by atoms with Crippen LogP contribution in [0.25, 0.3) is 0 Å². The van der Waals surface area contributed by atoms with E-state index in [9.17, 15) is 0 Å². The second-order valence-electron chi connectivity index (χ2n) is 5.28. The van der Waals surface area contributed by atoms with Gasteiger partial charge in [0, 0.05) is 14.1 Å². The van der Waals surface area contributed by atoms with Gasteiger partial charge < -0.3 is 14.4 Å². The summed E-state index contributed by atoms with van der Waals surface area (Å²) >= 11 is 0. The van der Waals surface area contributed by atoms with Crippen LogP contribution in [0.4, 0.5) is 5.95 Å². The van der Waals surface area contributed by atoms with Crippen LogP contribution in [0.5, 0.6) is 17.5 Å². The monoisotopic (exact) mass is 287 g/mol. The molecule has 2 aromatic rings. The number of hydrogen-bond donors (Lipinski definition) is 0. The zero-order valence-corrected chi connectivity index (χ0v) is 13.4. The summed E-state index contributed by atoms with van der Waals surface area (Å²) < 4.78 is 11.3. The highest BCUT2D eigenvalue weighted by atomic mass is 16.5. The van der Waals surface area contributed by atoms with Crippen molar-refractivity contribution in [2.75, 3.05) is 26.1 Å². The van der Waals surface area contributed by atoms with Gasteiger partial charge in [-0.2, -0.15) is 9.97 Å². The molecule has 112 valence electrons. The Morgan fingerprint density at radius 1 is 0.905 bits per heavy atom. The van der Waals surface area contributed by atoms with Gasteiger partial charge in [-0.05, 0) is 44.0 Å².